The molecule has 1 saturated heterocycles. The number of nitrogens with one attached hydrogen (secondary N) is 1. The fourth-order valence-corrected chi connectivity index (χ4v) is 2.79. The van der Waals surface area contributed by atoms with Crippen LogP contribution in [0.1, 0.15) is 66.7 Å². The Morgan fingerprint density at radius 2 is 1.60 bits per heavy atom. The van der Waals surface area contributed by atoms with Gasteiger partial charge in [0.1, 0.15) is 0 Å². The first-order chi connectivity index (χ1) is 6.90. The lowest BCUT2D eigenvalue weighted by Gasteiger charge is -2.52. The highest BCUT2D eigenvalue weighted by molar-refractivity contribution is 4.94. The van der Waals surface area contributed by atoms with Crippen molar-refractivity contribution in [2.24, 2.45) is 0 Å². The summed E-state index contributed by atoms with van der Waals surface area (Å²) in [5.74, 6) is 0. The van der Waals surface area contributed by atoms with E-state index in [9.17, 15) is 0 Å². The normalized spacial score (nSPS) is 25.4. The number of hydrazine groups is 1. The second kappa shape index (κ2) is 4.84. The van der Waals surface area contributed by atoms with Crippen LogP contribution in [-0.2, 0) is 0 Å². The Kier molecular flexibility index (Phi) is 4.19. The smallest absolute Gasteiger partial charge is 0.0304 e. The summed E-state index contributed by atoms with van der Waals surface area (Å²) >= 11 is 0. The highest BCUT2D eigenvalue weighted by Crippen LogP contribution is 2.36. The summed E-state index contributed by atoms with van der Waals surface area (Å²) in [4.78, 5) is 0. The summed E-state index contributed by atoms with van der Waals surface area (Å²) in [5, 5.41) is 2.50. The summed E-state index contributed by atoms with van der Waals surface area (Å²) in [5.41, 5.74) is 4.24. The Morgan fingerprint density at radius 1 is 1.07 bits per heavy atom. The molecule has 2 nitrogen and oxygen atoms in total. The molecule has 0 spiro atoms. The minimum Gasteiger partial charge on any atom is -0.254 e. The molecule has 1 fully saturated rings. The third-order valence-electron chi connectivity index (χ3n) is 3.59. The Labute approximate surface area is 95.4 Å². The molecule has 15 heavy (non-hydrogen) atoms. The molecular formula is C13H28N2. The minimum atomic E-state index is 0.301. The van der Waals surface area contributed by atoms with E-state index in [1.54, 1.807) is 0 Å². The topological polar surface area (TPSA) is 15.3 Å². The van der Waals surface area contributed by atoms with E-state index in [1.165, 1.54) is 32.1 Å². The molecule has 90 valence electrons. The molecule has 0 aliphatic carbocycles. The number of unbranched alkanes of at least 4 members (excludes halogenated alkanes) is 1. The molecule has 0 aromatic carbocycles. The third-order valence-corrected chi connectivity index (χ3v) is 3.59. The lowest BCUT2D eigenvalue weighted by atomic mass is 9.81. The van der Waals surface area contributed by atoms with Gasteiger partial charge in [-0.3, -0.25) is 5.43 Å². The Hall–Kier alpha value is -0.0800. The number of rotatable bonds is 4. The quantitative estimate of drug-likeness (QED) is 0.719. The molecule has 0 bridgehead atoms. The molecule has 0 atom stereocenters. The largest absolute Gasteiger partial charge is 0.254 e. The fourth-order valence-electron chi connectivity index (χ4n) is 2.79. The summed E-state index contributed by atoms with van der Waals surface area (Å²) in [6.45, 7) is 12.8. The van der Waals surface area contributed by atoms with Crippen molar-refractivity contribution in [1.82, 2.24) is 10.4 Å². The molecule has 2 heteroatoms. The fraction of sp³-hybridized carbons (Fsp3) is 1.00. The van der Waals surface area contributed by atoms with Gasteiger partial charge in [-0.1, -0.05) is 13.3 Å². The van der Waals surface area contributed by atoms with Crippen LogP contribution in [0.4, 0.5) is 0 Å². The lowest BCUT2D eigenvalue weighted by molar-refractivity contribution is -0.0700. The predicted octanol–water partition coefficient (Wildman–Crippen LogP) is 3.33. The van der Waals surface area contributed by atoms with Crippen molar-refractivity contribution in [3.63, 3.8) is 0 Å². The summed E-state index contributed by atoms with van der Waals surface area (Å²) < 4.78 is 0. The molecule has 1 aliphatic rings. The van der Waals surface area contributed by atoms with Crippen LogP contribution in [0.3, 0.4) is 0 Å². The highest BCUT2D eigenvalue weighted by atomic mass is 15.6. The maximum Gasteiger partial charge on any atom is 0.0304 e. The van der Waals surface area contributed by atoms with E-state index in [0.29, 0.717) is 11.1 Å². The van der Waals surface area contributed by atoms with Crippen LogP contribution in [0.25, 0.3) is 0 Å². The summed E-state index contributed by atoms with van der Waals surface area (Å²) in [7, 11) is 0. The van der Waals surface area contributed by atoms with E-state index in [4.69, 9.17) is 0 Å². The van der Waals surface area contributed by atoms with Gasteiger partial charge in [0, 0.05) is 17.6 Å². The molecule has 1 heterocycles. The molecule has 0 amide bonds. The first kappa shape index (κ1) is 13.0. The van der Waals surface area contributed by atoms with Crippen molar-refractivity contribution in [2.45, 2.75) is 77.8 Å². The zero-order chi connectivity index (χ0) is 11.5. The van der Waals surface area contributed by atoms with Gasteiger partial charge in [-0.05, 0) is 53.4 Å². The lowest BCUT2D eigenvalue weighted by Crippen LogP contribution is -2.64. The standard InChI is InChI=1S/C13H28N2/c1-6-7-11-14-15-12(2,3)9-8-10-13(15,4)5/h14H,6-11H2,1-5H3. The molecular weight excluding hydrogens is 184 g/mol. The Balaban J connectivity index is 2.60. The maximum absolute atomic E-state index is 3.64. The number of nitrogens with zero attached hydrogens (tertiary/aromatic N) is 1. The zero-order valence-electron chi connectivity index (χ0n) is 11.2. The maximum atomic E-state index is 3.64. The molecule has 0 aromatic rings. The third kappa shape index (κ3) is 3.18. The van der Waals surface area contributed by atoms with Crippen LogP contribution in [0.2, 0.25) is 0 Å². The average molecular weight is 212 g/mol. The van der Waals surface area contributed by atoms with E-state index >= 15 is 0 Å². The van der Waals surface area contributed by atoms with Crippen molar-refractivity contribution < 1.29 is 0 Å². The van der Waals surface area contributed by atoms with Crippen molar-refractivity contribution in [1.29, 1.82) is 0 Å². The highest BCUT2D eigenvalue weighted by Gasteiger charge is 2.40. The van der Waals surface area contributed by atoms with Crippen molar-refractivity contribution >= 4 is 0 Å². The van der Waals surface area contributed by atoms with Gasteiger partial charge in [0.05, 0.1) is 0 Å². The van der Waals surface area contributed by atoms with Gasteiger partial charge in [-0.15, -0.1) is 0 Å². The van der Waals surface area contributed by atoms with E-state index in [0.717, 1.165) is 6.54 Å². The Morgan fingerprint density at radius 3 is 2.07 bits per heavy atom. The molecule has 1 aliphatic heterocycles. The first-order valence-electron chi connectivity index (χ1n) is 6.44. The van der Waals surface area contributed by atoms with Crippen LogP contribution in [-0.4, -0.2) is 22.6 Å². The van der Waals surface area contributed by atoms with Crippen molar-refractivity contribution in [3.8, 4) is 0 Å². The van der Waals surface area contributed by atoms with E-state index in [2.05, 4.69) is 45.1 Å². The van der Waals surface area contributed by atoms with E-state index in [1.807, 2.05) is 0 Å². The molecule has 1 N–H and O–H groups in total. The number of hydrogen-bond donors (Lipinski definition) is 1. The predicted molar refractivity (Wildman–Crippen MR) is 66.8 cm³/mol. The monoisotopic (exact) mass is 212 g/mol. The van der Waals surface area contributed by atoms with Crippen LogP contribution in [0.15, 0.2) is 0 Å². The molecule has 0 aromatic heterocycles. The van der Waals surface area contributed by atoms with Crippen LogP contribution >= 0.6 is 0 Å². The second-order valence-electron chi connectivity index (χ2n) is 6.08. The van der Waals surface area contributed by atoms with E-state index < -0.39 is 0 Å². The second-order valence-corrected chi connectivity index (χ2v) is 6.08. The van der Waals surface area contributed by atoms with Crippen molar-refractivity contribution in [3.05, 3.63) is 0 Å². The summed E-state index contributed by atoms with van der Waals surface area (Å²) in [6, 6.07) is 0. The van der Waals surface area contributed by atoms with Gasteiger partial charge < -0.3 is 0 Å². The van der Waals surface area contributed by atoms with Crippen molar-refractivity contribution in [2.75, 3.05) is 6.54 Å². The van der Waals surface area contributed by atoms with Gasteiger partial charge in [0.25, 0.3) is 0 Å². The molecule has 0 unspecified atom stereocenters. The molecule has 0 radical (unpaired) electrons. The minimum absolute atomic E-state index is 0.301. The van der Waals surface area contributed by atoms with E-state index in [-0.39, 0.29) is 0 Å². The van der Waals surface area contributed by atoms with Crippen LogP contribution in [0.5, 0.6) is 0 Å². The van der Waals surface area contributed by atoms with Crippen LogP contribution < -0.4 is 5.43 Å². The van der Waals surface area contributed by atoms with Gasteiger partial charge in [0.2, 0.25) is 0 Å². The van der Waals surface area contributed by atoms with Gasteiger partial charge in [-0.25, -0.2) is 5.01 Å². The Bertz CT molecular complexity index is 181. The first-order valence-corrected chi connectivity index (χ1v) is 6.44. The zero-order valence-corrected chi connectivity index (χ0v) is 11.2. The summed E-state index contributed by atoms with van der Waals surface area (Å²) in [6.07, 6.45) is 6.49. The number of piperidine rings is 1. The SMILES string of the molecule is CCCCNN1C(C)(C)CCCC1(C)C. The molecule has 0 saturated carbocycles. The molecule has 1 rings (SSSR count). The van der Waals surface area contributed by atoms with Gasteiger partial charge >= 0.3 is 0 Å². The average Bonchev–Trinajstić information content (AvgIpc) is 2.09. The van der Waals surface area contributed by atoms with Crippen LogP contribution in [0, 0.1) is 0 Å². The van der Waals surface area contributed by atoms with Gasteiger partial charge in [-0.2, -0.15) is 0 Å². The number of hydrogen-bond acceptors (Lipinski definition) is 2. The van der Waals surface area contributed by atoms with Gasteiger partial charge in [0.15, 0.2) is 0 Å².